The SMILES string of the molecule is Cc1nnc2c(S(=O)(=O)CC(C)CCl)nccn12. The minimum Gasteiger partial charge on any atom is -0.283 e. The third-order valence-electron chi connectivity index (χ3n) is 2.53. The molecule has 2 heterocycles. The van der Waals surface area contributed by atoms with Crippen molar-refractivity contribution in [2.75, 3.05) is 11.6 Å². The fraction of sp³-hybridized carbons (Fsp3) is 0.500. The summed E-state index contributed by atoms with van der Waals surface area (Å²) in [7, 11) is -3.50. The number of rotatable bonds is 4. The van der Waals surface area contributed by atoms with Crippen LogP contribution in [0.3, 0.4) is 0 Å². The Labute approximate surface area is 110 Å². The van der Waals surface area contributed by atoms with Gasteiger partial charge in [-0.3, -0.25) is 4.40 Å². The zero-order valence-corrected chi connectivity index (χ0v) is 11.6. The fourth-order valence-electron chi connectivity index (χ4n) is 1.64. The van der Waals surface area contributed by atoms with Crippen molar-refractivity contribution in [2.24, 2.45) is 5.92 Å². The van der Waals surface area contributed by atoms with Gasteiger partial charge >= 0.3 is 0 Å². The molecule has 2 aromatic heterocycles. The average Bonchev–Trinajstić information content (AvgIpc) is 2.70. The van der Waals surface area contributed by atoms with Gasteiger partial charge in [0.2, 0.25) is 5.03 Å². The lowest BCUT2D eigenvalue weighted by molar-refractivity contribution is 0.579. The Morgan fingerprint density at radius 2 is 2.17 bits per heavy atom. The third kappa shape index (κ3) is 2.32. The maximum absolute atomic E-state index is 12.2. The Morgan fingerprint density at radius 1 is 1.44 bits per heavy atom. The molecule has 0 amide bonds. The highest BCUT2D eigenvalue weighted by atomic mass is 35.5. The highest BCUT2D eigenvalue weighted by Crippen LogP contribution is 2.17. The summed E-state index contributed by atoms with van der Waals surface area (Å²) in [5.74, 6) is 0.723. The molecule has 0 spiro atoms. The predicted octanol–water partition coefficient (Wildman–Crippen LogP) is 1.08. The normalized spacial score (nSPS) is 13.9. The van der Waals surface area contributed by atoms with Crippen LogP contribution in [0.5, 0.6) is 0 Å². The fourth-order valence-corrected chi connectivity index (χ4v) is 3.54. The van der Waals surface area contributed by atoms with Gasteiger partial charge in [-0.05, 0) is 12.8 Å². The van der Waals surface area contributed by atoms with Gasteiger partial charge in [-0.1, -0.05) is 6.92 Å². The topological polar surface area (TPSA) is 77.2 Å². The molecule has 18 heavy (non-hydrogen) atoms. The molecule has 0 aliphatic carbocycles. The summed E-state index contributed by atoms with van der Waals surface area (Å²) < 4.78 is 26.0. The number of halogens is 1. The first kappa shape index (κ1) is 13.2. The van der Waals surface area contributed by atoms with Crippen LogP contribution in [0.15, 0.2) is 17.4 Å². The van der Waals surface area contributed by atoms with Crippen LogP contribution in [0.25, 0.3) is 5.65 Å². The van der Waals surface area contributed by atoms with E-state index in [4.69, 9.17) is 11.6 Å². The van der Waals surface area contributed by atoms with Crippen LogP contribution in [0.4, 0.5) is 0 Å². The molecule has 1 unspecified atom stereocenters. The number of aryl methyl sites for hydroxylation is 1. The van der Waals surface area contributed by atoms with E-state index in [0.717, 1.165) is 0 Å². The van der Waals surface area contributed by atoms with Gasteiger partial charge in [0.25, 0.3) is 0 Å². The van der Waals surface area contributed by atoms with Crippen LogP contribution >= 0.6 is 11.6 Å². The van der Waals surface area contributed by atoms with E-state index in [0.29, 0.717) is 5.82 Å². The van der Waals surface area contributed by atoms with Gasteiger partial charge < -0.3 is 0 Å². The van der Waals surface area contributed by atoms with Crippen molar-refractivity contribution in [3.63, 3.8) is 0 Å². The molecule has 2 aromatic rings. The summed E-state index contributed by atoms with van der Waals surface area (Å²) in [6.07, 6.45) is 3.07. The molecule has 0 radical (unpaired) electrons. The van der Waals surface area contributed by atoms with Crippen LogP contribution in [-0.2, 0) is 9.84 Å². The van der Waals surface area contributed by atoms with Crippen molar-refractivity contribution < 1.29 is 8.42 Å². The van der Waals surface area contributed by atoms with Crippen molar-refractivity contribution in [3.05, 3.63) is 18.2 Å². The molecule has 0 saturated heterocycles. The van der Waals surface area contributed by atoms with Crippen LogP contribution < -0.4 is 0 Å². The van der Waals surface area contributed by atoms with Gasteiger partial charge in [-0.2, -0.15) is 0 Å². The van der Waals surface area contributed by atoms with Gasteiger partial charge in [-0.15, -0.1) is 21.8 Å². The van der Waals surface area contributed by atoms with E-state index in [1.165, 1.54) is 6.20 Å². The Hall–Kier alpha value is -1.21. The van der Waals surface area contributed by atoms with Gasteiger partial charge in [0.15, 0.2) is 15.5 Å². The van der Waals surface area contributed by atoms with Crippen LogP contribution in [-0.4, -0.2) is 39.6 Å². The number of sulfone groups is 1. The number of nitrogens with zero attached hydrogens (tertiary/aromatic N) is 4. The number of alkyl halides is 1. The molecular formula is C10H13ClN4O2S. The number of aromatic nitrogens is 4. The predicted molar refractivity (Wildman–Crippen MR) is 67.5 cm³/mol. The quantitative estimate of drug-likeness (QED) is 0.787. The highest BCUT2D eigenvalue weighted by molar-refractivity contribution is 7.91. The monoisotopic (exact) mass is 288 g/mol. The Bertz CT molecular complexity index is 668. The second-order valence-electron chi connectivity index (χ2n) is 4.21. The second-order valence-corrected chi connectivity index (χ2v) is 6.47. The summed E-state index contributed by atoms with van der Waals surface area (Å²) >= 11 is 5.65. The van der Waals surface area contributed by atoms with E-state index >= 15 is 0 Å². The summed E-state index contributed by atoms with van der Waals surface area (Å²) in [4.78, 5) is 3.92. The van der Waals surface area contributed by atoms with E-state index in [-0.39, 0.29) is 28.2 Å². The van der Waals surface area contributed by atoms with Crippen LogP contribution in [0, 0.1) is 12.8 Å². The molecule has 0 bridgehead atoms. The molecule has 0 aliphatic rings. The molecule has 2 rings (SSSR count). The van der Waals surface area contributed by atoms with Crippen molar-refractivity contribution in [1.82, 2.24) is 19.6 Å². The van der Waals surface area contributed by atoms with E-state index < -0.39 is 9.84 Å². The zero-order valence-electron chi connectivity index (χ0n) is 10.0. The van der Waals surface area contributed by atoms with E-state index in [1.54, 1.807) is 24.4 Å². The number of hydrogen-bond donors (Lipinski definition) is 0. The van der Waals surface area contributed by atoms with Gasteiger partial charge in [0.05, 0.1) is 5.75 Å². The van der Waals surface area contributed by atoms with Crippen molar-refractivity contribution in [2.45, 2.75) is 18.9 Å². The van der Waals surface area contributed by atoms with E-state index in [2.05, 4.69) is 15.2 Å². The Kier molecular flexibility index (Phi) is 3.54. The largest absolute Gasteiger partial charge is 0.283 e. The summed E-state index contributed by atoms with van der Waals surface area (Å²) in [6, 6.07) is 0. The summed E-state index contributed by atoms with van der Waals surface area (Å²) in [5, 5.41) is 7.67. The van der Waals surface area contributed by atoms with Gasteiger partial charge in [0, 0.05) is 18.3 Å². The summed E-state index contributed by atoms with van der Waals surface area (Å²) in [5.41, 5.74) is 0.261. The molecule has 0 fully saturated rings. The number of hydrogen-bond acceptors (Lipinski definition) is 5. The molecule has 0 aromatic carbocycles. The van der Waals surface area contributed by atoms with Crippen LogP contribution in [0.2, 0.25) is 0 Å². The lowest BCUT2D eigenvalue weighted by Gasteiger charge is -2.08. The second kappa shape index (κ2) is 4.81. The van der Waals surface area contributed by atoms with Gasteiger partial charge in [0.1, 0.15) is 5.82 Å². The molecular weight excluding hydrogens is 276 g/mol. The minimum absolute atomic E-state index is 0.0393. The number of fused-ring (bicyclic) bond motifs is 1. The van der Waals surface area contributed by atoms with Crippen LogP contribution in [0.1, 0.15) is 12.7 Å². The first-order valence-corrected chi connectivity index (χ1v) is 7.59. The molecule has 1 atom stereocenters. The zero-order chi connectivity index (χ0) is 13.3. The van der Waals surface area contributed by atoms with E-state index in [9.17, 15) is 8.42 Å². The van der Waals surface area contributed by atoms with Gasteiger partial charge in [-0.25, -0.2) is 13.4 Å². The summed E-state index contributed by atoms with van der Waals surface area (Å²) in [6.45, 7) is 3.53. The minimum atomic E-state index is -3.50. The maximum atomic E-state index is 12.2. The molecule has 8 heteroatoms. The standard InChI is InChI=1S/C10H13ClN4O2S/c1-7(5-11)6-18(16,17)10-9-14-13-8(2)15(9)4-3-12-10/h3-4,7H,5-6H2,1-2H3. The first-order chi connectivity index (χ1) is 8.45. The van der Waals surface area contributed by atoms with Crippen molar-refractivity contribution in [1.29, 1.82) is 0 Å². The maximum Gasteiger partial charge on any atom is 0.200 e. The third-order valence-corrected chi connectivity index (χ3v) is 4.94. The smallest absolute Gasteiger partial charge is 0.200 e. The molecule has 6 nitrogen and oxygen atoms in total. The molecule has 0 saturated carbocycles. The Balaban J connectivity index is 2.54. The molecule has 0 N–H and O–H groups in total. The lowest BCUT2D eigenvalue weighted by atomic mass is 10.3. The van der Waals surface area contributed by atoms with Crippen molar-refractivity contribution >= 4 is 27.1 Å². The Morgan fingerprint density at radius 3 is 2.83 bits per heavy atom. The highest BCUT2D eigenvalue weighted by Gasteiger charge is 2.24. The molecule has 0 aliphatic heterocycles. The average molecular weight is 289 g/mol. The van der Waals surface area contributed by atoms with E-state index in [1.807, 2.05) is 0 Å². The van der Waals surface area contributed by atoms with Crippen molar-refractivity contribution in [3.8, 4) is 0 Å². The lowest BCUT2D eigenvalue weighted by Crippen LogP contribution is -2.17. The first-order valence-electron chi connectivity index (χ1n) is 5.41. The molecule has 98 valence electrons.